The lowest BCUT2D eigenvalue weighted by molar-refractivity contribution is -0.0115. The van der Waals surface area contributed by atoms with Gasteiger partial charge in [-0.2, -0.15) is 0 Å². The quantitative estimate of drug-likeness (QED) is 0.817. The fraction of sp³-hybridized carbons (Fsp3) is 0.600. The van der Waals surface area contributed by atoms with E-state index in [0.717, 1.165) is 16.9 Å². The maximum absolute atomic E-state index is 10.2. The number of aryl methyl sites for hydroxylation is 1. The molecule has 3 N–H and O–H groups in total. The fourth-order valence-corrected chi connectivity index (χ4v) is 1.78. The van der Waals surface area contributed by atoms with Crippen LogP contribution in [0.4, 0.5) is 0 Å². The maximum atomic E-state index is 10.2. The second-order valence-corrected chi connectivity index (χ2v) is 5.03. The Labute approximate surface area is 110 Å². The molecule has 0 unspecified atom stereocenters. The molecule has 0 aliphatic heterocycles. The zero-order chi connectivity index (χ0) is 13.8. The molecular weight excluding hydrogens is 226 g/mol. The smallest absolute Gasteiger partial charge is 0.122 e. The van der Waals surface area contributed by atoms with Crippen molar-refractivity contribution in [2.75, 3.05) is 6.61 Å². The number of hydrogen-bond acceptors (Lipinski definition) is 3. The van der Waals surface area contributed by atoms with Crippen LogP contribution in [0.25, 0.3) is 0 Å². The molecule has 102 valence electrons. The molecule has 0 aliphatic rings. The number of nitrogens with two attached hydrogens (primary N) is 1. The molecule has 1 rings (SSSR count). The molecule has 0 heterocycles. The summed E-state index contributed by atoms with van der Waals surface area (Å²) >= 11 is 0. The van der Waals surface area contributed by atoms with Gasteiger partial charge in [-0.1, -0.05) is 26.0 Å². The summed E-state index contributed by atoms with van der Waals surface area (Å²) in [5, 5.41) is 10.2. The van der Waals surface area contributed by atoms with Crippen molar-refractivity contribution in [3.8, 4) is 5.75 Å². The molecule has 0 fully saturated rings. The van der Waals surface area contributed by atoms with Gasteiger partial charge in [-0.3, -0.25) is 0 Å². The molecule has 1 aromatic carbocycles. The van der Waals surface area contributed by atoms with Crippen molar-refractivity contribution >= 4 is 0 Å². The van der Waals surface area contributed by atoms with E-state index in [0.29, 0.717) is 19.4 Å². The molecule has 3 nitrogen and oxygen atoms in total. The van der Waals surface area contributed by atoms with Gasteiger partial charge in [0.15, 0.2) is 0 Å². The zero-order valence-electron chi connectivity index (χ0n) is 11.9. The molecule has 0 spiro atoms. The van der Waals surface area contributed by atoms with Crippen molar-refractivity contribution in [1.82, 2.24) is 0 Å². The lowest BCUT2D eigenvalue weighted by Gasteiger charge is -2.25. The van der Waals surface area contributed by atoms with E-state index in [9.17, 15) is 5.11 Å². The van der Waals surface area contributed by atoms with Crippen LogP contribution in [0.2, 0.25) is 0 Å². The molecule has 0 bridgehead atoms. The van der Waals surface area contributed by atoms with E-state index in [2.05, 4.69) is 0 Å². The summed E-state index contributed by atoms with van der Waals surface area (Å²) in [7, 11) is 0. The predicted octanol–water partition coefficient (Wildman–Crippen LogP) is 2.94. The van der Waals surface area contributed by atoms with Crippen molar-refractivity contribution in [3.63, 3.8) is 0 Å². The number of aliphatic hydroxyl groups is 1. The SMILES string of the molecule is CCC(O)(CC)COc1ccc([C@@H](C)N)cc1C. The van der Waals surface area contributed by atoms with Gasteiger partial charge in [0.05, 0.1) is 5.60 Å². The van der Waals surface area contributed by atoms with Gasteiger partial charge in [-0.05, 0) is 43.9 Å². The third-order valence-electron chi connectivity index (χ3n) is 3.54. The average molecular weight is 251 g/mol. The van der Waals surface area contributed by atoms with Crippen LogP contribution in [0, 0.1) is 6.92 Å². The summed E-state index contributed by atoms with van der Waals surface area (Å²) in [6.07, 6.45) is 1.39. The molecule has 0 saturated heterocycles. The van der Waals surface area contributed by atoms with Crippen molar-refractivity contribution in [2.24, 2.45) is 5.73 Å². The molecule has 3 heteroatoms. The van der Waals surface area contributed by atoms with Crippen LogP contribution in [-0.2, 0) is 0 Å². The number of hydrogen-bond donors (Lipinski definition) is 2. The van der Waals surface area contributed by atoms with Crippen LogP contribution in [-0.4, -0.2) is 17.3 Å². The lowest BCUT2D eigenvalue weighted by Crippen LogP contribution is -2.34. The van der Waals surface area contributed by atoms with E-state index in [-0.39, 0.29) is 6.04 Å². The first-order valence-electron chi connectivity index (χ1n) is 6.63. The van der Waals surface area contributed by atoms with E-state index in [1.807, 2.05) is 45.9 Å². The Morgan fingerprint density at radius 2 is 1.94 bits per heavy atom. The van der Waals surface area contributed by atoms with Gasteiger partial charge in [0.1, 0.15) is 12.4 Å². The van der Waals surface area contributed by atoms with Gasteiger partial charge in [-0.15, -0.1) is 0 Å². The highest BCUT2D eigenvalue weighted by atomic mass is 16.5. The Morgan fingerprint density at radius 1 is 1.33 bits per heavy atom. The Kier molecular flexibility index (Phi) is 5.17. The zero-order valence-corrected chi connectivity index (χ0v) is 11.9. The molecule has 1 atom stereocenters. The summed E-state index contributed by atoms with van der Waals surface area (Å²) in [5.41, 5.74) is 7.26. The fourth-order valence-electron chi connectivity index (χ4n) is 1.78. The minimum Gasteiger partial charge on any atom is -0.490 e. The summed E-state index contributed by atoms with van der Waals surface area (Å²) in [5.74, 6) is 0.819. The van der Waals surface area contributed by atoms with E-state index in [1.54, 1.807) is 0 Å². The molecule has 0 saturated carbocycles. The number of rotatable bonds is 6. The third kappa shape index (κ3) is 3.72. The van der Waals surface area contributed by atoms with Crippen molar-refractivity contribution in [1.29, 1.82) is 0 Å². The third-order valence-corrected chi connectivity index (χ3v) is 3.54. The topological polar surface area (TPSA) is 55.5 Å². The van der Waals surface area contributed by atoms with Gasteiger partial charge in [-0.25, -0.2) is 0 Å². The lowest BCUT2D eigenvalue weighted by atomic mass is 9.99. The van der Waals surface area contributed by atoms with Crippen LogP contribution >= 0.6 is 0 Å². The van der Waals surface area contributed by atoms with Crippen molar-refractivity contribution in [3.05, 3.63) is 29.3 Å². The average Bonchev–Trinajstić information content (AvgIpc) is 2.36. The number of ether oxygens (including phenoxy) is 1. The van der Waals surface area contributed by atoms with Crippen LogP contribution in [0.5, 0.6) is 5.75 Å². The summed E-state index contributed by atoms with van der Waals surface area (Å²) < 4.78 is 5.73. The van der Waals surface area contributed by atoms with E-state index in [4.69, 9.17) is 10.5 Å². The second-order valence-electron chi connectivity index (χ2n) is 5.03. The van der Waals surface area contributed by atoms with E-state index in [1.165, 1.54) is 0 Å². The molecule has 18 heavy (non-hydrogen) atoms. The van der Waals surface area contributed by atoms with Gasteiger partial charge >= 0.3 is 0 Å². The molecule has 0 aliphatic carbocycles. The van der Waals surface area contributed by atoms with Crippen LogP contribution in [0.1, 0.15) is 50.8 Å². The van der Waals surface area contributed by atoms with Crippen molar-refractivity contribution in [2.45, 2.75) is 52.2 Å². The number of benzene rings is 1. The van der Waals surface area contributed by atoms with Crippen molar-refractivity contribution < 1.29 is 9.84 Å². The van der Waals surface area contributed by atoms with E-state index < -0.39 is 5.60 Å². The normalized spacial score (nSPS) is 13.4. The molecular formula is C15H25NO2. The molecule has 0 amide bonds. The summed E-state index contributed by atoms with van der Waals surface area (Å²) in [6.45, 7) is 8.23. The van der Waals surface area contributed by atoms with E-state index >= 15 is 0 Å². The highest BCUT2D eigenvalue weighted by Gasteiger charge is 2.23. The van der Waals surface area contributed by atoms with Gasteiger partial charge < -0.3 is 15.6 Å². The Hall–Kier alpha value is -1.06. The van der Waals surface area contributed by atoms with Gasteiger partial charge in [0, 0.05) is 6.04 Å². The van der Waals surface area contributed by atoms with Crippen LogP contribution in [0.15, 0.2) is 18.2 Å². The molecule has 1 aromatic rings. The molecule has 0 radical (unpaired) electrons. The Morgan fingerprint density at radius 3 is 2.39 bits per heavy atom. The highest BCUT2D eigenvalue weighted by molar-refractivity contribution is 5.37. The minimum atomic E-state index is -0.730. The van der Waals surface area contributed by atoms with Crippen LogP contribution in [0.3, 0.4) is 0 Å². The Bertz CT molecular complexity index is 384. The monoisotopic (exact) mass is 251 g/mol. The minimum absolute atomic E-state index is 0.0287. The van der Waals surface area contributed by atoms with Crippen LogP contribution < -0.4 is 10.5 Å². The molecule has 0 aromatic heterocycles. The summed E-state index contributed by atoms with van der Waals surface area (Å²) in [4.78, 5) is 0. The predicted molar refractivity (Wildman–Crippen MR) is 74.8 cm³/mol. The van der Waals surface area contributed by atoms with Gasteiger partial charge in [0.25, 0.3) is 0 Å². The summed E-state index contributed by atoms with van der Waals surface area (Å²) in [6, 6.07) is 5.97. The first kappa shape index (κ1) is 15.0. The first-order valence-corrected chi connectivity index (χ1v) is 6.63. The first-order chi connectivity index (χ1) is 8.41. The largest absolute Gasteiger partial charge is 0.490 e. The highest BCUT2D eigenvalue weighted by Crippen LogP contribution is 2.24. The standard InChI is InChI=1S/C15H25NO2/c1-5-15(17,6-2)10-18-14-8-7-13(12(4)16)9-11(14)3/h7-9,12,17H,5-6,10,16H2,1-4H3/t12-/m1/s1. The second kappa shape index (κ2) is 6.21. The maximum Gasteiger partial charge on any atom is 0.122 e. The Balaban J connectivity index is 2.74. The van der Waals surface area contributed by atoms with Gasteiger partial charge in [0.2, 0.25) is 0 Å².